The van der Waals surface area contributed by atoms with Crippen LogP contribution in [0.4, 0.5) is 0 Å². The summed E-state index contributed by atoms with van der Waals surface area (Å²) < 4.78 is 31.4. The van der Waals surface area contributed by atoms with Gasteiger partial charge in [0.15, 0.2) is 0 Å². The SMILES string of the molecule is Cc1cc(S(=O)(=O)N2CC3CC2C(=O)O3)c(Cl)cc1Cl. The highest BCUT2D eigenvalue weighted by molar-refractivity contribution is 7.89. The van der Waals surface area contributed by atoms with Crippen LogP contribution in [0.3, 0.4) is 0 Å². The van der Waals surface area contributed by atoms with Gasteiger partial charge in [0, 0.05) is 11.4 Å². The van der Waals surface area contributed by atoms with Gasteiger partial charge in [-0.15, -0.1) is 0 Å². The summed E-state index contributed by atoms with van der Waals surface area (Å²) in [6.07, 6.45) is 0.0527. The van der Waals surface area contributed by atoms with Crippen LogP contribution in [0.2, 0.25) is 10.0 Å². The van der Waals surface area contributed by atoms with Crippen molar-refractivity contribution in [3.8, 4) is 0 Å². The molecule has 8 heteroatoms. The highest BCUT2D eigenvalue weighted by Gasteiger charge is 2.51. The zero-order valence-electron chi connectivity index (χ0n) is 10.5. The topological polar surface area (TPSA) is 63.7 Å². The molecule has 2 fully saturated rings. The molecule has 5 nitrogen and oxygen atoms in total. The Balaban J connectivity index is 2.05. The second-order valence-corrected chi connectivity index (χ2v) is 7.59. The fourth-order valence-corrected chi connectivity index (χ4v) is 4.96. The molecule has 2 aliphatic heterocycles. The van der Waals surface area contributed by atoms with Gasteiger partial charge in [0.2, 0.25) is 10.0 Å². The van der Waals surface area contributed by atoms with Crippen LogP contribution in [-0.2, 0) is 19.6 Å². The number of hydrogen-bond donors (Lipinski definition) is 0. The first-order chi connectivity index (χ1) is 9.30. The van der Waals surface area contributed by atoms with E-state index in [2.05, 4.69) is 0 Å². The van der Waals surface area contributed by atoms with E-state index in [4.69, 9.17) is 27.9 Å². The van der Waals surface area contributed by atoms with E-state index in [1.807, 2.05) is 0 Å². The maximum absolute atomic E-state index is 12.6. The highest BCUT2D eigenvalue weighted by Crippen LogP contribution is 2.37. The van der Waals surface area contributed by atoms with Crippen molar-refractivity contribution in [2.75, 3.05) is 6.54 Å². The van der Waals surface area contributed by atoms with E-state index >= 15 is 0 Å². The van der Waals surface area contributed by atoms with Gasteiger partial charge in [0.25, 0.3) is 0 Å². The molecule has 0 aromatic heterocycles. The van der Waals surface area contributed by atoms with Gasteiger partial charge in [-0.05, 0) is 24.6 Å². The fraction of sp³-hybridized carbons (Fsp3) is 0.417. The first-order valence-corrected chi connectivity index (χ1v) is 8.18. The second kappa shape index (κ2) is 4.59. The Kier molecular flexibility index (Phi) is 3.25. The molecule has 3 rings (SSSR count). The number of carbonyl (C=O) groups excluding carboxylic acids is 1. The molecule has 2 atom stereocenters. The number of rotatable bonds is 2. The summed E-state index contributed by atoms with van der Waals surface area (Å²) in [4.78, 5) is 11.5. The van der Waals surface area contributed by atoms with E-state index in [1.165, 1.54) is 12.1 Å². The van der Waals surface area contributed by atoms with Crippen molar-refractivity contribution in [2.45, 2.75) is 30.4 Å². The van der Waals surface area contributed by atoms with Crippen molar-refractivity contribution >= 4 is 39.2 Å². The molecule has 0 N–H and O–H groups in total. The van der Waals surface area contributed by atoms with E-state index in [1.54, 1.807) is 6.92 Å². The van der Waals surface area contributed by atoms with Gasteiger partial charge in [-0.3, -0.25) is 4.79 Å². The Morgan fingerprint density at radius 2 is 2.00 bits per heavy atom. The van der Waals surface area contributed by atoms with Crippen LogP contribution in [-0.4, -0.2) is 37.4 Å². The number of morpholine rings is 1. The summed E-state index contributed by atoms with van der Waals surface area (Å²) in [5.41, 5.74) is 0.613. The minimum Gasteiger partial charge on any atom is -0.460 e. The predicted molar refractivity (Wildman–Crippen MR) is 73.4 cm³/mol. The lowest BCUT2D eigenvalue weighted by atomic mass is 10.2. The van der Waals surface area contributed by atoms with Gasteiger partial charge in [0.05, 0.1) is 11.6 Å². The summed E-state index contributed by atoms with van der Waals surface area (Å²) in [7, 11) is -3.83. The Labute approximate surface area is 126 Å². The third-order valence-electron chi connectivity index (χ3n) is 3.57. The van der Waals surface area contributed by atoms with Gasteiger partial charge in [-0.1, -0.05) is 23.2 Å². The van der Waals surface area contributed by atoms with E-state index in [0.29, 0.717) is 17.0 Å². The molecule has 1 aromatic carbocycles. The quantitative estimate of drug-likeness (QED) is 0.775. The number of esters is 1. The van der Waals surface area contributed by atoms with Crippen LogP contribution in [0.5, 0.6) is 0 Å². The first kappa shape index (κ1) is 14.1. The zero-order chi connectivity index (χ0) is 14.7. The van der Waals surface area contributed by atoms with Crippen LogP contribution in [0.25, 0.3) is 0 Å². The van der Waals surface area contributed by atoms with Crippen molar-refractivity contribution in [1.82, 2.24) is 4.31 Å². The zero-order valence-corrected chi connectivity index (χ0v) is 12.8. The van der Waals surface area contributed by atoms with Crippen molar-refractivity contribution in [1.29, 1.82) is 0 Å². The van der Waals surface area contributed by atoms with E-state index in [9.17, 15) is 13.2 Å². The molecule has 20 heavy (non-hydrogen) atoms. The maximum Gasteiger partial charge on any atom is 0.324 e. The second-order valence-electron chi connectivity index (χ2n) is 4.92. The van der Waals surface area contributed by atoms with E-state index in [0.717, 1.165) is 4.31 Å². The summed E-state index contributed by atoms with van der Waals surface area (Å²) in [5.74, 6) is -0.494. The Morgan fingerprint density at radius 3 is 2.60 bits per heavy atom. The van der Waals surface area contributed by atoms with Crippen LogP contribution < -0.4 is 0 Å². The molecular formula is C12H11Cl2NO4S. The Bertz CT molecular complexity index is 704. The minimum absolute atomic E-state index is 0.0265. The van der Waals surface area contributed by atoms with Crippen molar-refractivity contribution < 1.29 is 17.9 Å². The monoisotopic (exact) mass is 335 g/mol. The van der Waals surface area contributed by atoms with Crippen molar-refractivity contribution in [3.63, 3.8) is 0 Å². The lowest BCUT2D eigenvalue weighted by Gasteiger charge is -2.25. The smallest absolute Gasteiger partial charge is 0.324 e. The first-order valence-electron chi connectivity index (χ1n) is 5.98. The molecule has 1 aromatic rings. The van der Waals surface area contributed by atoms with Gasteiger partial charge in [-0.2, -0.15) is 4.31 Å². The van der Waals surface area contributed by atoms with Crippen LogP contribution in [0, 0.1) is 6.92 Å². The molecule has 108 valence electrons. The molecule has 0 saturated carbocycles. The number of benzene rings is 1. The van der Waals surface area contributed by atoms with Gasteiger partial charge >= 0.3 is 5.97 Å². The number of hydrogen-bond acceptors (Lipinski definition) is 4. The lowest BCUT2D eigenvalue weighted by Crippen LogP contribution is -2.44. The normalized spacial score (nSPS) is 26.1. The fourth-order valence-electron chi connectivity index (χ4n) is 2.53. The molecule has 2 aliphatic rings. The molecular weight excluding hydrogens is 325 g/mol. The Hall–Kier alpha value is -0.820. The van der Waals surface area contributed by atoms with E-state index < -0.39 is 22.0 Å². The summed E-state index contributed by atoms with van der Waals surface area (Å²) >= 11 is 11.9. The summed E-state index contributed by atoms with van der Waals surface area (Å²) in [6, 6.07) is 2.09. The van der Waals surface area contributed by atoms with E-state index in [-0.39, 0.29) is 22.6 Å². The average molecular weight is 336 g/mol. The molecule has 2 saturated heterocycles. The number of nitrogens with zero attached hydrogens (tertiary/aromatic N) is 1. The third kappa shape index (κ3) is 2.02. The molecule has 2 unspecified atom stereocenters. The van der Waals surface area contributed by atoms with Crippen LogP contribution >= 0.6 is 23.2 Å². The number of aryl methyl sites for hydroxylation is 1. The average Bonchev–Trinajstić information content (AvgIpc) is 2.92. The summed E-state index contributed by atoms with van der Waals surface area (Å²) in [5, 5.41) is 0.452. The van der Waals surface area contributed by atoms with Gasteiger partial charge in [0.1, 0.15) is 17.0 Å². The van der Waals surface area contributed by atoms with Crippen LogP contribution in [0.15, 0.2) is 17.0 Å². The van der Waals surface area contributed by atoms with Crippen molar-refractivity contribution in [2.24, 2.45) is 0 Å². The molecule has 2 bridgehead atoms. The summed E-state index contributed by atoms with van der Waals surface area (Å²) in [6.45, 7) is 1.87. The molecule has 0 spiro atoms. The number of ether oxygens (including phenoxy) is 1. The number of sulfonamides is 1. The third-order valence-corrected chi connectivity index (χ3v) is 6.32. The van der Waals surface area contributed by atoms with Crippen molar-refractivity contribution in [3.05, 3.63) is 27.7 Å². The molecule has 2 heterocycles. The molecule has 0 aliphatic carbocycles. The lowest BCUT2D eigenvalue weighted by molar-refractivity contribution is -0.148. The minimum atomic E-state index is -3.83. The molecule has 0 amide bonds. The number of carbonyl (C=O) groups is 1. The number of halogens is 2. The van der Waals surface area contributed by atoms with Gasteiger partial charge in [-0.25, -0.2) is 8.42 Å². The number of fused-ring (bicyclic) bond motifs is 2. The van der Waals surface area contributed by atoms with Crippen LogP contribution in [0.1, 0.15) is 12.0 Å². The largest absolute Gasteiger partial charge is 0.460 e. The predicted octanol–water partition coefficient (Wildman–Crippen LogP) is 1.99. The standard InChI is InChI=1S/C12H11Cl2NO4S/c1-6-2-11(9(14)4-8(6)13)20(17,18)15-5-7-3-10(15)12(16)19-7/h2,4,7,10H,3,5H2,1H3. The molecule has 0 radical (unpaired) electrons. The maximum atomic E-state index is 12.6. The van der Waals surface area contributed by atoms with Gasteiger partial charge < -0.3 is 4.74 Å². The Morgan fingerprint density at radius 1 is 1.30 bits per heavy atom. The highest BCUT2D eigenvalue weighted by atomic mass is 35.5.